The van der Waals surface area contributed by atoms with Crippen LogP contribution in [0.5, 0.6) is 11.5 Å². The van der Waals surface area contributed by atoms with Gasteiger partial charge in [-0.05, 0) is 37.4 Å². The zero-order valence-corrected chi connectivity index (χ0v) is 12.1. The molecular formula is C17H25NO2. The molecule has 1 aliphatic heterocycles. The second-order valence-electron chi connectivity index (χ2n) is 6.01. The van der Waals surface area contributed by atoms with Crippen LogP contribution in [-0.2, 0) is 0 Å². The number of fused-ring (bicyclic) bond motifs is 1. The van der Waals surface area contributed by atoms with E-state index in [9.17, 15) is 0 Å². The first kappa shape index (κ1) is 13.7. The van der Waals surface area contributed by atoms with Gasteiger partial charge in [0.1, 0.15) is 12.7 Å². The van der Waals surface area contributed by atoms with Gasteiger partial charge in [-0.25, -0.2) is 0 Å². The van der Waals surface area contributed by atoms with Crippen LogP contribution < -0.4 is 14.8 Å². The third kappa shape index (κ3) is 3.66. The van der Waals surface area contributed by atoms with E-state index in [1.54, 1.807) is 0 Å². The van der Waals surface area contributed by atoms with Gasteiger partial charge in [-0.2, -0.15) is 0 Å². The maximum Gasteiger partial charge on any atom is 0.161 e. The molecule has 1 saturated carbocycles. The van der Waals surface area contributed by atoms with Crippen molar-refractivity contribution in [1.82, 2.24) is 5.32 Å². The number of rotatable bonds is 4. The first-order valence-corrected chi connectivity index (χ1v) is 8.01. The predicted octanol–water partition coefficient (Wildman–Crippen LogP) is 3.39. The van der Waals surface area contributed by atoms with Crippen LogP contribution in [0.4, 0.5) is 0 Å². The first-order valence-electron chi connectivity index (χ1n) is 8.01. The lowest BCUT2D eigenvalue weighted by Crippen LogP contribution is -2.40. The predicted molar refractivity (Wildman–Crippen MR) is 80.4 cm³/mol. The summed E-state index contributed by atoms with van der Waals surface area (Å²) < 4.78 is 11.7. The highest BCUT2D eigenvalue weighted by molar-refractivity contribution is 5.40. The first-order chi connectivity index (χ1) is 9.92. The topological polar surface area (TPSA) is 30.5 Å². The molecule has 1 fully saturated rings. The van der Waals surface area contributed by atoms with Crippen molar-refractivity contribution in [1.29, 1.82) is 0 Å². The van der Waals surface area contributed by atoms with Crippen molar-refractivity contribution in [3.8, 4) is 11.5 Å². The molecule has 0 bridgehead atoms. The molecule has 1 aliphatic carbocycles. The van der Waals surface area contributed by atoms with Gasteiger partial charge in [-0.15, -0.1) is 0 Å². The quantitative estimate of drug-likeness (QED) is 0.854. The molecule has 0 spiro atoms. The number of hydrogen-bond acceptors (Lipinski definition) is 3. The van der Waals surface area contributed by atoms with Gasteiger partial charge in [0.2, 0.25) is 0 Å². The van der Waals surface area contributed by atoms with Crippen LogP contribution >= 0.6 is 0 Å². The lowest BCUT2D eigenvalue weighted by molar-refractivity contribution is 0.0895. The van der Waals surface area contributed by atoms with Crippen molar-refractivity contribution in [2.24, 2.45) is 5.92 Å². The molecule has 0 amide bonds. The van der Waals surface area contributed by atoms with Crippen LogP contribution in [0.3, 0.4) is 0 Å². The standard InChI is InChI=1S/C17H25NO2/c1-2-4-8-14(7-3-1)11-18-12-15-13-19-16-9-5-6-10-17(16)20-15/h5-6,9-10,14-15,18H,1-4,7-8,11-13H2. The number of benzene rings is 1. The molecule has 3 rings (SSSR count). The number of ether oxygens (including phenoxy) is 2. The fraction of sp³-hybridized carbons (Fsp3) is 0.647. The molecule has 20 heavy (non-hydrogen) atoms. The van der Waals surface area contributed by atoms with Gasteiger partial charge in [0, 0.05) is 6.54 Å². The molecule has 0 saturated heterocycles. The van der Waals surface area contributed by atoms with Gasteiger partial charge < -0.3 is 14.8 Å². The third-order valence-electron chi connectivity index (χ3n) is 4.35. The molecule has 0 aromatic heterocycles. The zero-order chi connectivity index (χ0) is 13.6. The molecule has 3 nitrogen and oxygen atoms in total. The molecular weight excluding hydrogens is 250 g/mol. The molecule has 110 valence electrons. The molecule has 1 N–H and O–H groups in total. The molecule has 1 aromatic rings. The summed E-state index contributed by atoms with van der Waals surface area (Å²) in [6.07, 6.45) is 8.57. The van der Waals surface area contributed by atoms with E-state index < -0.39 is 0 Å². The lowest BCUT2D eigenvalue weighted by atomic mass is 10.0. The highest BCUT2D eigenvalue weighted by Gasteiger charge is 2.20. The number of hydrogen-bond donors (Lipinski definition) is 1. The second-order valence-corrected chi connectivity index (χ2v) is 6.01. The summed E-state index contributed by atoms with van der Waals surface area (Å²) in [5, 5.41) is 3.58. The van der Waals surface area contributed by atoms with E-state index in [-0.39, 0.29) is 6.10 Å². The minimum absolute atomic E-state index is 0.135. The van der Waals surface area contributed by atoms with Gasteiger partial charge >= 0.3 is 0 Å². The van der Waals surface area contributed by atoms with Crippen LogP contribution in [0.25, 0.3) is 0 Å². The summed E-state index contributed by atoms with van der Waals surface area (Å²) in [6.45, 7) is 2.65. The van der Waals surface area contributed by atoms with Gasteiger partial charge in [0.15, 0.2) is 11.5 Å². The van der Waals surface area contributed by atoms with Crippen LogP contribution in [-0.4, -0.2) is 25.8 Å². The Morgan fingerprint density at radius 3 is 2.50 bits per heavy atom. The largest absolute Gasteiger partial charge is 0.486 e. The summed E-state index contributed by atoms with van der Waals surface area (Å²) in [4.78, 5) is 0. The van der Waals surface area contributed by atoms with E-state index in [4.69, 9.17) is 9.47 Å². The minimum atomic E-state index is 0.135. The van der Waals surface area contributed by atoms with Crippen molar-refractivity contribution < 1.29 is 9.47 Å². The summed E-state index contributed by atoms with van der Waals surface area (Å²) in [6, 6.07) is 7.91. The summed E-state index contributed by atoms with van der Waals surface area (Å²) in [5.74, 6) is 2.60. The summed E-state index contributed by atoms with van der Waals surface area (Å²) in [5.41, 5.74) is 0. The van der Waals surface area contributed by atoms with Crippen LogP contribution in [0.15, 0.2) is 24.3 Å². The van der Waals surface area contributed by atoms with Crippen molar-refractivity contribution >= 4 is 0 Å². The number of para-hydroxylation sites is 2. The Bertz CT molecular complexity index is 413. The summed E-state index contributed by atoms with van der Waals surface area (Å²) >= 11 is 0. The van der Waals surface area contributed by atoms with Crippen molar-refractivity contribution in [2.45, 2.75) is 44.6 Å². The monoisotopic (exact) mass is 275 g/mol. The Morgan fingerprint density at radius 1 is 0.950 bits per heavy atom. The van der Waals surface area contributed by atoms with Gasteiger partial charge in [-0.3, -0.25) is 0 Å². The number of nitrogens with one attached hydrogen (secondary N) is 1. The van der Waals surface area contributed by atoms with E-state index >= 15 is 0 Å². The third-order valence-corrected chi connectivity index (χ3v) is 4.35. The Morgan fingerprint density at radius 2 is 1.70 bits per heavy atom. The van der Waals surface area contributed by atoms with Crippen molar-refractivity contribution in [2.75, 3.05) is 19.7 Å². The molecule has 3 heteroatoms. The van der Waals surface area contributed by atoms with E-state index in [2.05, 4.69) is 5.32 Å². The molecule has 1 aromatic carbocycles. The second kappa shape index (κ2) is 6.98. The maximum atomic E-state index is 5.96. The normalized spacial score (nSPS) is 23.3. The highest BCUT2D eigenvalue weighted by atomic mass is 16.6. The molecule has 2 aliphatic rings. The van der Waals surface area contributed by atoms with Gasteiger partial charge in [0.25, 0.3) is 0 Å². The lowest BCUT2D eigenvalue weighted by Gasteiger charge is -2.27. The fourth-order valence-corrected chi connectivity index (χ4v) is 3.18. The average Bonchev–Trinajstić information content (AvgIpc) is 2.76. The van der Waals surface area contributed by atoms with E-state index in [0.717, 1.165) is 30.5 Å². The van der Waals surface area contributed by atoms with Crippen molar-refractivity contribution in [3.05, 3.63) is 24.3 Å². The van der Waals surface area contributed by atoms with Crippen molar-refractivity contribution in [3.63, 3.8) is 0 Å². The summed E-state index contributed by atoms with van der Waals surface area (Å²) in [7, 11) is 0. The Labute approximate surface area is 121 Å². The highest BCUT2D eigenvalue weighted by Crippen LogP contribution is 2.30. The molecule has 1 atom stereocenters. The van der Waals surface area contributed by atoms with E-state index in [1.165, 1.54) is 38.5 Å². The Hall–Kier alpha value is -1.22. The SMILES string of the molecule is c1ccc2c(c1)OCC(CNCC1CCCCCC1)O2. The van der Waals surface area contributed by atoms with Gasteiger partial charge in [0.05, 0.1) is 0 Å². The van der Waals surface area contributed by atoms with E-state index in [0.29, 0.717) is 6.61 Å². The zero-order valence-electron chi connectivity index (χ0n) is 12.1. The Balaban J connectivity index is 1.41. The van der Waals surface area contributed by atoms with Crippen LogP contribution in [0.1, 0.15) is 38.5 Å². The average molecular weight is 275 g/mol. The molecule has 1 unspecified atom stereocenters. The molecule has 1 heterocycles. The Kier molecular flexibility index (Phi) is 4.80. The minimum Gasteiger partial charge on any atom is -0.486 e. The smallest absolute Gasteiger partial charge is 0.161 e. The van der Waals surface area contributed by atoms with Gasteiger partial charge in [-0.1, -0.05) is 37.8 Å². The fourth-order valence-electron chi connectivity index (χ4n) is 3.18. The molecule has 0 radical (unpaired) electrons. The van der Waals surface area contributed by atoms with E-state index in [1.807, 2.05) is 24.3 Å². The maximum absolute atomic E-state index is 5.96. The van der Waals surface area contributed by atoms with Crippen LogP contribution in [0.2, 0.25) is 0 Å². The van der Waals surface area contributed by atoms with Crippen LogP contribution in [0, 0.1) is 5.92 Å².